The summed E-state index contributed by atoms with van der Waals surface area (Å²) in [5.74, 6) is -0.235. The van der Waals surface area contributed by atoms with Gasteiger partial charge in [0.25, 0.3) is 0 Å². The van der Waals surface area contributed by atoms with Crippen LogP contribution in [0.25, 0.3) is 0 Å². The molecule has 0 saturated carbocycles. The average molecular weight is 474 g/mol. The number of para-hydroxylation sites is 1. The van der Waals surface area contributed by atoms with E-state index in [9.17, 15) is 28.1 Å². The molecule has 3 aromatic carbocycles. The van der Waals surface area contributed by atoms with Gasteiger partial charge in [0.05, 0.1) is 23.8 Å². The number of nitro benzene ring substituents is 1. The molecule has 3 aromatic rings. The molecule has 0 spiro atoms. The Morgan fingerprint density at radius 2 is 1.74 bits per heavy atom. The predicted molar refractivity (Wildman–Crippen MR) is 117 cm³/mol. The molecule has 0 bridgehead atoms. The van der Waals surface area contributed by atoms with Crippen LogP contribution in [0, 0.1) is 10.1 Å². The zero-order valence-corrected chi connectivity index (χ0v) is 17.5. The van der Waals surface area contributed by atoms with E-state index in [1.54, 1.807) is 30.3 Å². The SMILES string of the molecule is COc1cc(/C=N/NC(=O)Nc2ccccc2)ccc1Oc1ccc(C(F)(F)F)cc1[N+](=O)[O-]. The van der Waals surface area contributed by atoms with Gasteiger partial charge in [-0.2, -0.15) is 18.3 Å². The van der Waals surface area contributed by atoms with Gasteiger partial charge in [0.1, 0.15) is 0 Å². The number of carbonyl (C=O) groups is 1. The molecule has 0 atom stereocenters. The average Bonchev–Trinajstić information content (AvgIpc) is 2.80. The summed E-state index contributed by atoms with van der Waals surface area (Å²) in [7, 11) is 1.32. The molecule has 0 saturated heterocycles. The van der Waals surface area contributed by atoms with Crippen molar-refractivity contribution in [3.63, 3.8) is 0 Å². The molecule has 34 heavy (non-hydrogen) atoms. The number of alkyl halides is 3. The molecule has 0 aliphatic rings. The van der Waals surface area contributed by atoms with Gasteiger partial charge >= 0.3 is 17.9 Å². The minimum Gasteiger partial charge on any atom is -0.493 e. The van der Waals surface area contributed by atoms with Gasteiger partial charge in [-0.3, -0.25) is 10.1 Å². The second-order valence-corrected chi connectivity index (χ2v) is 6.64. The fraction of sp³-hybridized carbons (Fsp3) is 0.0909. The molecule has 9 nitrogen and oxygen atoms in total. The van der Waals surface area contributed by atoms with Crippen LogP contribution in [0.4, 0.5) is 29.3 Å². The normalized spacial score (nSPS) is 11.2. The zero-order valence-electron chi connectivity index (χ0n) is 17.5. The molecule has 0 unspecified atom stereocenters. The van der Waals surface area contributed by atoms with Gasteiger partial charge in [-0.25, -0.2) is 10.2 Å². The van der Waals surface area contributed by atoms with Crippen molar-refractivity contribution in [1.29, 1.82) is 0 Å². The summed E-state index contributed by atoms with van der Waals surface area (Å²) in [5, 5.41) is 17.7. The van der Waals surface area contributed by atoms with Crippen LogP contribution in [0.2, 0.25) is 0 Å². The molecule has 2 N–H and O–H groups in total. The van der Waals surface area contributed by atoms with Gasteiger partial charge in [0.15, 0.2) is 11.5 Å². The quantitative estimate of drug-likeness (QED) is 0.264. The summed E-state index contributed by atoms with van der Waals surface area (Å²) in [6, 6.07) is 14.5. The van der Waals surface area contributed by atoms with E-state index < -0.39 is 34.1 Å². The van der Waals surface area contributed by atoms with Crippen LogP contribution in [0.1, 0.15) is 11.1 Å². The minimum absolute atomic E-state index is 0.0253. The Bertz CT molecular complexity index is 1220. The summed E-state index contributed by atoms with van der Waals surface area (Å²) in [6.45, 7) is 0. The third-order valence-electron chi connectivity index (χ3n) is 4.30. The number of hydrazone groups is 1. The first kappa shape index (κ1) is 24.0. The van der Waals surface area contributed by atoms with Crippen LogP contribution >= 0.6 is 0 Å². The van der Waals surface area contributed by atoms with Gasteiger partial charge in [0, 0.05) is 11.8 Å². The van der Waals surface area contributed by atoms with Gasteiger partial charge in [-0.1, -0.05) is 18.2 Å². The second-order valence-electron chi connectivity index (χ2n) is 6.64. The summed E-state index contributed by atoms with van der Waals surface area (Å²) in [4.78, 5) is 22.1. The number of amides is 2. The molecule has 12 heteroatoms. The molecule has 0 fully saturated rings. The Kier molecular flexibility index (Phi) is 7.31. The minimum atomic E-state index is -4.74. The highest BCUT2D eigenvalue weighted by molar-refractivity contribution is 5.90. The topological polar surface area (TPSA) is 115 Å². The molecule has 2 amide bonds. The maximum atomic E-state index is 12.9. The van der Waals surface area contributed by atoms with E-state index in [0.717, 1.165) is 6.07 Å². The molecule has 0 radical (unpaired) electrons. The number of hydrogen-bond acceptors (Lipinski definition) is 6. The fourth-order valence-electron chi connectivity index (χ4n) is 2.74. The zero-order chi connectivity index (χ0) is 24.7. The third-order valence-corrected chi connectivity index (χ3v) is 4.30. The van der Waals surface area contributed by atoms with Crippen molar-refractivity contribution in [2.75, 3.05) is 12.4 Å². The number of ether oxygens (including phenoxy) is 2. The van der Waals surface area contributed by atoms with Crippen LogP contribution in [0.15, 0.2) is 71.8 Å². The van der Waals surface area contributed by atoms with Gasteiger partial charge in [-0.15, -0.1) is 0 Å². The van der Waals surface area contributed by atoms with E-state index in [-0.39, 0.29) is 11.5 Å². The lowest BCUT2D eigenvalue weighted by atomic mass is 10.1. The summed E-state index contributed by atoms with van der Waals surface area (Å²) in [6.07, 6.45) is -3.43. The highest BCUT2D eigenvalue weighted by atomic mass is 19.4. The molecule has 0 aromatic heterocycles. The van der Waals surface area contributed by atoms with Crippen molar-refractivity contribution < 1.29 is 32.4 Å². The lowest BCUT2D eigenvalue weighted by molar-refractivity contribution is -0.385. The summed E-state index contributed by atoms with van der Waals surface area (Å²) in [5.41, 5.74) is 1.32. The van der Waals surface area contributed by atoms with Crippen LogP contribution in [0.3, 0.4) is 0 Å². The van der Waals surface area contributed by atoms with Crippen LogP contribution in [-0.4, -0.2) is 24.3 Å². The van der Waals surface area contributed by atoms with Crippen LogP contribution in [-0.2, 0) is 6.18 Å². The molecular formula is C22H17F3N4O5. The number of nitro groups is 1. The van der Waals surface area contributed by atoms with Crippen molar-refractivity contribution in [2.24, 2.45) is 5.10 Å². The van der Waals surface area contributed by atoms with Crippen molar-refractivity contribution >= 4 is 23.6 Å². The Hall–Kier alpha value is -4.61. The number of hydrogen-bond donors (Lipinski definition) is 2. The molecule has 0 aliphatic heterocycles. The predicted octanol–water partition coefficient (Wildman–Crippen LogP) is 5.57. The molecular weight excluding hydrogens is 457 g/mol. The van der Waals surface area contributed by atoms with E-state index in [1.807, 2.05) is 0 Å². The van der Waals surface area contributed by atoms with Crippen molar-refractivity contribution in [3.8, 4) is 17.2 Å². The third kappa shape index (κ3) is 6.22. The van der Waals surface area contributed by atoms with Crippen molar-refractivity contribution in [2.45, 2.75) is 6.18 Å². The van der Waals surface area contributed by atoms with Gasteiger partial charge < -0.3 is 14.8 Å². The Balaban J connectivity index is 1.73. The Labute approximate surface area is 191 Å². The summed E-state index contributed by atoms with van der Waals surface area (Å²) < 4.78 is 49.3. The number of nitrogens with zero attached hydrogens (tertiary/aromatic N) is 2. The smallest absolute Gasteiger partial charge is 0.416 e. The van der Waals surface area contributed by atoms with Crippen LogP contribution in [0.5, 0.6) is 17.2 Å². The molecule has 176 valence electrons. The Morgan fingerprint density at radius 1 is 1.03 bits per heavy atom. The van der Waals surface area contributed by atoms with E-state index in [2.05, 4.69) is 15.8 Å². The molecule has 0 aliphatic carbocycles. The number of methoxy groups -OCH3 is 1. The monoisotopic (exact) mass is 474 g/mol. The standard InChI is InChI=1S/C22H17F3N4O5/c1-33-20-11-14(13-26-28-21(30)27-16-5-3-2-4-6-16)7-9-19(20)34-18-10-8-15(22(23,24)25)12-17(18)29(31)32/h2-13H,1H3,(H2,27,28,30)/b26-13+. The number of rotatable bonds is 7. The number of urea groups is 1. The number of nitrogens with one attached hydrogen (secondary N) is 2. The van der Waals surface area contributed by atoms with E-state index >= 15 is 0 Å². The number of halogens is 3. The highest BCUT2D eigenvalue weighted by Crippen LogP contribution is 2.40. The summed E-state index contributed by atoms with van der Waals surface area (Å²) >= 11 is 0. The largest absolute Gasteiger partial charge is 0.493 e. The first-order chi connectivity index (χ1) is 16.2. The van der Waals surface area contributed by atoms with E-state index in [0.29, 0.717) is 23.4 Å². The van der Waals surface area contributed by atoms with E-state index in [4.69, 9.17) is 9.47 Å². The van der Waals surface area contributed by atoms with Crippen molar-refractivity contribution in [3.05, 3.63) is 88.0 Å². The fourth-order valence-corrected chi connectivity index (χ4v) is 2.74. The lowest BCUT2D eigenvalue weighted by Gasteiger charge is -2.12. The Morgan fingerprint density at radius 3 is 2.38 bits per heavy atom. The van der Waals surface area contributed by atoms with Crippen molar-refractivity contribution in [1.82, 2.24) is 5.43 Å². The van der Waals surface area contributed by atoms with Crippen LogP contribution < -0.4 is 20.2 Å². The first-order valence-electron chi connectivity index (χ1n) is 9.54. The number of benzene rings is 3. The number of anilines is 1. The first-order valence-corrected chi connectivity index (χ1v) is 9.54. The highest BCUT2D eigenvalue weighted by Gasteiger charge is 2.33. The lowest BCUT2D eigenvalue weighted by Crippen LogP contribution is -2.24. The number of carbonyl (C=O) groups excluding carboxylic acids is 1. The second kappa shape index (κ2) is 10.3. The molecule has 0 heterocycles. The maximum Gasteiger partial charge on any atom is 0.416 e. The van der Waals surface area contributed by atoms with E-state index in [1.165, 1.54) is 31.5 Å². The van der Waals surface area contributed by atoms with Gasteiger partial charge in [0.2, 0.25) is 5.75 Å². The molecule has 3 rings (SSSR count). The van der Waals surface area contributed by atoms with Gasteiger partial charge in [-0.05, 0) is 48.0 Å². The maximum absolute atomic E-state index is 12.9.